The van der Waals surface area contributed by atoms with Gasteiger partial charge in [-0.1, -0.05) is 25.8 Å². The van der Waals surface area contributed by atoms with Gasteiger partial charge in [0.1, 0.15) is 31.7 Å². The van der Waals surface area contributed by atoms with Crippen molar-refractivity contribution < 1.29 is 47.9 Å². The molecule has 1 aromatic rings. The highest BCUT2D eigenvalue weighted by Gasteiger charge is 2.34. The van der Waals surface area contributed by atoms with Crippen LogP contribution in [0, 0.1) is 11.8 Å². The third-order valence-corrected chi connectivity index (χ3v) is 10.7. The molecule has 0 spiro atoms. The summed E-state index contributed by atoms with van der Waals surface area (Å²) in [4.78, 5) is 35.8. The topological polar surface area (TPSA) is 127 Å². The van der Waals surface area contributed by atoms with Crippen LogP contribution in [0.1, 0.15) is 107 Å². The zero-order chi connectivity index (χ0) is 36.8. The summed E-state index contributed by atoms with van der Waals surface area (Å²) < 4.78 is 33.2. The summed E-state index contributed by atoms with van der Waals surface area (Å²) in [5.41, 5.74) is 3.53. The molecule has 1 N–H and O–H groups in total. The van der Waals surface area contributed by atoms with Gasteiger partial charge in [0, 0.05) is 12.7 Å². The van der Waals surface area contributed by atoms with Crippen molar-refractivity contribution in [2.75, 3.05) is 46.8 Å². The van der Waals surface area contributed by atoms with Crippen LogP contribution in [0.4, 0.5) is 0 Å². The largest absolute Gasteiger partial charge is 0.490 e. The van der Waals surface area contributed by atoms with Crippen LogP contribution in [0.15, 0.2) is 54.7 Å². The first-order valence-corrected chi connectivity index (χ1v) is 18.6. The molecule has 3 aliphatic rings. The lowest BCUT2D eigenvalue weighted by Gasteiger charge is -2.39. The van der Waals surface area contributed by atoms with Crippen LogP contribution in [0.5, 0.6) is 5.75 Å². The third-order valence-electron chi connectivity index (χ3n) is 10.7. The van der Waals surface area contributed by atoms with E-state index in [0.29, 0.717) is 35.9 Å². The second kappa shape index (κ2) is 20.5. The Kier molecular flexibility index (Phi) is 16.2. The molecule has 3 fully saturated rings. The van der Waals surface area contributed by atoms with Gasteiger partial charge in [-0.05, 0) is 131 Å². The fraction of sp³-hybridized carbons (Fsp3) is 0.634. The van der Waals surface area contributed by atoms with E-state index in [1.54, 1.807) is 6.92 Å². The van der Waals surface area contributed by atoms with E-state index >= 15 is 0 Å². The normalized spacial score (nSPS) is 24.9. The van der Waals surface area contributed by atoms with Gasteiger partial charge >= 0.3 is 17.9 Å². The Balaban J connectivity index is 1.33. The second-order valence-electron chi connectivity index (χ2n) is 14.4. The molecule has 282 valence electrons. The van der Waals surface area contributed by atoms with E-state index in [0.717, 1.165) is 70.0 Å². The van der Waals surface area contributed by atoms with Crippen LogP contribution >= 0.6 is 0 Å². The summed E-state index contributed by atoms with van der Waals surface area (Å²) in [6, 6.07) is 6.48. The molecule has 51 heavy (non-hydrogen) atoms. The summed E-state index contributed by atoms with van der Waals surface area (Å²) in [5.74, 6) is 1.65. The lowest BCUT2D eigenvalue weighted by atomic mass is 9.68. The number of carbonyl (C=O) groups is 3. The second-order valence-corrected chi connectivity index (χ2v) is 14.4. The smallest absolute Gasteiger partial charge is 0.335 e. The van der Waals surface area contributed by atoms with Crippen molar-refractivity contribution in [3.63, 3.8) is 0 Å². The lowest BCUT2D eigenvalue weighted by Crippen LogP contribution is -2.30. The van der Waals surface area contributed by atoms with E-state index < -0.39 is 18.5 Å². The number of hydrogen-bond acceptors (Lipinski definition) is 10. The maximum Gasteiger partial charge on any atom is 0.335 e. The van der Waals surface area contributed by atoms with Crippen LogP contribution in [0.2, 0.25) is 0 Å². The van der Waals surface area contributed by atoms with E-state index in [2.05, 4.69) is 31.9 Å². The number of ether oxygens (including phenoxy) is 6. The molecule has 0 bridgehead atoms. The molecule has 0 heterocycles. The number of rotatable bonds is 18. The van der Waals surface area contributed by atoms with E-state index in [1.165, 1.54) is 31.1 Å². The van der Waals surface area contributed by atoms with Gasteiger partial charge in [0.2, 0.25) is 0 Å². The van der Waals surface area contributed by atoms with Crippen LogP contribution in [-0.2, 0) is 38.1 Å². The van der Waals surface area contributed by atoms with E-state index in [-0.39, 0.29) is 55.8 Å². The predicted molar refractivity (Wildman–Crippen MR) is 193 cm³/mol. The molecule has 1 aromatic carbocycles. The van der Waals surface area contributed by atoms with Gasteiger partial charge in [-0.3, -0.25) is 0 Å². The van der Waals surface area contributed by atoms with Crippen molar-refractivity contribution in [1.29, 1.82) is 0 Å². The Hall–Kier alpha value is -3.47. The summed E-state index contributed by atoms with van der Waals surface area (Å²) in [6.07, 6.45) is 12.7. The van der Waals surface area contributed by atoms with E-state index in [4.69, 9.17) is 33.5 Å². The first kappa shape index (κ1) is 40.3. The number of carbonyl (C=O) groups excluding carboxylic acids is 3. The average Bonchev–Trinajstić information content (AvgIpc) is 3.15. The SMILES string of the molecule is C=C(C)C(=O)OC1CCC(C2CCC(c3cc(OCCOC(=O)C(=C)COC)ccc3C3CCC(OCCOC(=O)C(=C)CO)CC3)CC2)CC1. The quantitative estimate of drug-likeness (QED) is 0.0744. The molecule has 0 atom stereocenters. The molecule has 0 saturated heterocycles. The standard InChI is InChI=1S/C41H58O10/c1-27(2)39(43)51-35-16-10-31(11-17-35)30-6-8-33(9-7-30)38-24-36(48-21-23-50-41(45)29(4)26-46-5)18-19-37(38)32-12-14-34(15-13-32)47-20-22-49-40(44)28(3)25-42/h18-19,24,30-35,42H,1,3-4,6-17,20-23,25-26H2,2,5H3. The minimum atomic E-state index is -0.596. The van der Waals surface area contributed by atoms with Gasteiger partial charge in [-0.25, -0.2) is 14.4 Å². The Morgan fingerprint density at radius 2 is 1.24 bits per heavy atom. The number of aliphatic hydroxyl groups is 1. The maximum absolute atomic E-state index is 12.1. The van der Waals surface area contributed by atoms with Crippen LogP contribution in [0.3, 0.4) is 0 Å². The molecule has 0 unspecified atom stereocenters. The Morgan fingerprint density at radius 3 is 1.84 bits per heavy atom. The fourth-order valence-electron chi connectivity index (χ4n) is 7.88. The molecular formula is C41H58O10. The summed E-state index contributed by atoms with van der Waals surface area (Å²) in [7, 11) is 1.51. The summed E-state index contributed by atoms with van der Waals surface area (Å²) in [5, 5.41) is 9.03. The minimum Gasteiger partial charge on any atom is -0.490 e. The number of aliphatic hydroxyl groups excluding tert-OH is 1. The van der Waals surface area contributed by atoms with Gasteiger partial charge in [0.05, 0.1) is 37.1 Å². The highest BCUT2D eigenvalue weighted by molar-refractivity contribution is 5.88. The molecule has 10 heteroatoms. The minimum absolute atomic E-state index is 0.00940. The zero-order valence-electron chi connectivity index (χ0n) is 30.7. The third kappa shape index (κ3) is 12.3. The molecule has 3 aliphatic carbocycles. The highest BCUT2D eigenvalue weighted by atomic mass is 16.6. The van der Waals surface area contributed by atoms with E-state index in [1.807, 2.05) is 6.07 Å². The van der Waals surface area contributed by atoms with Crippen molar-refractivity contribution in [3.05, 3.63) is 65.8 Å². The van der Waals surface area contributed by atoms with Crippen molar-refractivity contribution >= 4 is 17.9 Å². The number of esters is 3. The van der Waals surface area contributed by atoms with Crippen LogP contribution in [0.25, 0.3) is 0 Å². The Morgan fingerprint density at radius 1 is 0.686 bits per heavy atom. The van der Waals surface area contributed by atoms with Crippen LogP contribution < -0.4 is 4.74 Å². The van der Waals surface area contributed by atoms with Gasteiger partial charge in [-0.15, -0.1) is 0 Å². The number of benzene rings is 1. The van der Waals surface area contributed by atoms with Crippen molar-refractivity contribution in [2.45, 2.75) is 108 Å². The number of methoxy groups -OCH3 is 1. The molecule has 0 aliphatic heterocycles. The molecular weight excluding hydrogens is 652 g/mol. The summed E-state index contributed by atoms with van der Waals surface area (Å²) >= 11 is 0. The van der Waals surface area contributed by atoms with Gasteiger partial charge in [0.25, 0.3) is 0 Å². The van der Waals surface area contributed by atoms with Crippen LogP contribution in [-0.4, -0.2) is 82.0 Å². The number of hydrogen-bond donors (Lipinski definition) is 1. The van der Waals surface area contributed by atoms with Crippen molar-refractivity contribution in [3.8, 4) is 5.75 Å². The first-order valence-electron chi connectivity index (χ1n) is 18.6. The summed E-state index contributed by atoms with van der Waals surface area (Å²) in [6.45, 7) is 13.1. The molecule has 4 rings (SSSR count). The van der Waals surface area contributed by atoms with Gasteiger partial charge in [0.15, 0.2) is 0 Å². The first-order chi connectivity index (χ1) is 24.6. The molecule has 10 nitrogen and oxygen atoms in total. The van der Waals surface area contributed by atoms with Gasteiger partial charge < -0.3 is 33.5 Å². The molecule has 0 radical (unpaired) electrons. The van der Waals surface area contributed by atoms with E-state index in [9.17, 15) is 14.4 Å². The Labute approximate surface area is 303 Å². The molecule has 0 aromatic heterocycles. The van der Waals surface area contributed by atoms with Crippen molar-refractivity contribution in [2.24, 2.45) is 11.8 Å². The predicted octanol–water partition coefficient (Wildman–Crippen LogP) is 6.90. The zero-order valence-corrected chi connectivity index (χ0v) is 30.7. The Bertz CT molecular complexity index is 1340. The highest BCUT2D eigenvalue weighted by Crippen LogP contribution is 2.47. The molecule has 3 saturated carbocycles. The maximum atomic E-state index is 12.1. The monoisotopic (exact) mass is 710 g/mol. The van der Waals surface area contributed by atoms with Crippen molar-refractivity contribution in [1.82, 2.24) is 0 Å². The van der Waals surface area contributed by atoms with Gasteiger partial charge in [-0.2, -0.15) is 0 Å². The lowest BCUT2D eigenvalue weighted by molar-refractivity contribution is -0.146. The average molecular weight is 711 g/mol. The fourth-order valence-corrected chi connectivity index (χ4v) is 7.88. The molecule has 0 amide bonds.